The maximum absolute atomic E-state index is 12.5. The maximum atomic E-state index is 12.5. The predicted molar refractivity (Wildman–Crippen MR) is 75.0 cm³/mol. The van der Waals surface area contributed by atoms with Crippen LogP contribution in [0.4, 0.5) is 0 Å². The number of hydrogen-bond acceptors (Lipinski definition) is 6. The number of hydrogen-bond donors (Lipinski definition) is 0. The average molecular weight is 313 g/mol. The van der Waals surface area contributed by atoms with Crippen LogP contribution in [0.1, 0.15) is 25.2 Å². The van der Waals surface area contributed by atoms with E-state index in [1.807, 2.05) is 0 Å². The molecule has 0 radical (unpaired) electrons. The predicted octanol–water partition coefficient (Wildman–Crippen LogP) is 2.28. The van der Waals surface area contributed by atoms with Crippen LogP contribution in [-0.2, 0) is 10.0 Å². The third kappa shape index (κ3) is 2.50. The summed E-state index contributed by atoms with van der Waals surface area (Å²) in [5, 5.41) is 5.56. The molecule has 6 nitrogen and oxygen atoms in total. The Hall–Kier alpha value is -1.25. The van der Waals surface area contributed by atoms with Gasteiger partial charge in [-0.25, -0.2) is 8.42 Å². The van der Waals surface area contributed by atoms with E-state index >= 15 is 0 Å². The average Bonchev–Trinajstić information content (AvgIpc) is 3.08. The lowest BCUT2D eigenvalue weighted by atomic mass is 10.2. The van der Waals surface area contributed by atoms with Gasteiger partial charge in [-0.1, -0.05) is 11.6 Å². The van der Waals surface area contributed by atoms with E-state index in [1.54, 1.807) is 22.7 Å². The van der Waals surface area contributed by atoms with Gasteiger partial charge in [-0.2, -0.15) is 9.29 Å². The highest BCUT2D eigenvalue weighted by Crippen LogP contribution is 2.30. The number of piperidine rings is 1. The van der Waals surface area contributed by atoms with Crippen LogP contribution in [0.25, 0.3) is 11.4 Å². The molecule has 0 atom stereocenters. The maximum Gasteiger partial charge on any atom is 0.252 e. The van der Waals surface area contributed by atoms with Gasteiger partial charge in [-0.05, 0) is 18.9 Å². The quantitative estimate of drug-likeness (QED) is 0.869. The van der Waals surface area contributed by atoms with Crippen LogP contribution in [0, 0.1) is 6.92 Å². The topological polar surface area (TPSA) is 76.3 Å². The molecule has 0 aromatic carbocycles. The molecule has 0 bridgehead atoms. The standard InChI is InChI=1S/C12H15N3O3S2/c1-9-13-12(14-18-9)10-7-11(19-8-10)20(16,17)15-5-3-2-4-6-15/h7-8H,2-6H2,1H3. The van der Waals surface area contributed by atoms with Crippen molar-refractivity contribution in [2.24, 2.45) is 0 Å². The Morgan fingerprint density at radius 1 is 1.30 bits per heavy atom. The molecular formula is C12H15N3O3S2. The highest BCUT2D eigenvalue weighted by atomic mass is 32.2. The summed E-state index contributed by atoms with van der Waals surface area (Å²) in [7, 11) is -3.38. The monoisotopic (exact) mass is 313 g/mol. The van der Waals surface area contributed by atoms with Crippen LogP contribution in [-0.4, -0.2) is 36.0 Å². The molecule has 0 saturated carbocycles. The van der Waals surface area contributed by atoms with Crippen LogP contribution in [0.5, 0.6) is 0 Å². The molecule has 0 spiro atoms. The van der Waals surface area contributed by atoms with Gasteiger partial charge >= 0.3 is 0 Å². The Balaban J connectivity index is 1.89. The summed E-state index contributed by atoms with van der Waals surface area (Å²) in [5.41, 5.74) is 0.683. The molecule has 0 N–H and O–H groups in total. The second-order valence-corrected chi connectivity index (χ2v) is 7.83. The minimum absolute atomic E-state index is 0.344. The Kier molecular flexibility index (Phi) is 3.61. The third-order valence-electron chi connectivity index (χ3n) is 3.27. The molecule has 1 saturated heterocycles. The first-order chi connectivity index (χ1) is 9.57. The number of rotatable bonds is 3. The highest BCUT2D eigenvalue weighted by molar-refractivity contribution is 7.91. The molecule has 108 valence electrons. The van der Waals surface area contributed by atoms with Crippen molar-refractivity contribution in [2.75, 3.05) is 13.1 Å². The summed E-state index contributed by atoms with van der Waals surface area (Å²) >= 11 is 1.20. The van der Waals surface area contributed by atoms with Gasteiger partial charge in [0.15, 0.2) is 0 Å². The van der Waals surface area contributed by atoms with Crippen LogP contribution in [0.3, 0.4) is 0 Å². The van der Waals surface area contributed by atoms with Crippen molar-refractivity contribution < 1.29 is 12.9 Å². The van der Waals surface area contributed by atoms with Gasteiger partial charge in [-0.15, -0.1) is 11.3 Å². The molecule has 0 unspecified atom stereocenters. The molecule has 1 aliphatic heterocycles. The summed E-state index contributed by atoms with van der Waals surface area (Å²) in [6, 6.07) is 1.62. The smallest absolute Gasteiger partial charge is 0.252 e. The van der Waals surface area contributed by atoms with Gasteiger partial charge < -0.3 is 4.52 Å². The van der Waals surface area contributed by atoms with E-state index in [9.17, 15) is 8.42 Å². The lowest BCUT2D eigenvalue weighted by Crippen LogP contribution is -2.35. The lowest BCUT2D eigenvalue weighted by molar-refractivity contribution is 0.347. The molecule has 0 aliphatic carbocycles. The second-order valence-electron chi connectivity index (χ2n) is 4.76. The summed E-state index contributed by atoms with van der Waals surface area (Å²) in [5.74, 6) is 0.894. The fraction of sp³-hybridized carbons (Fsp3) is 0.500. The van der Waals surface area contributed by atoms with E-state index < -0.39 is 10.0 Å². The van der Waals surface area contributed by atoms with Crippen molar-refractivity contribution in [1.82, 2.24) is 14.4 Å². The van der Waals surface area contributed by atoms with Gasteiger partial charge in [0, 0.05) is 31.0 Å². The van der Waals surface area contributed by atoms with E-state index in [-0.39, 0.29) is 0 Å². The van der Waals surface area contributed by atoms with Crippen molar-refractivity contribution in [1.29, 1.82) is 0 Å². The zero-order chi connectivity index (χ0) is 14.2. The van der Waals surface area contributed by atoms with Crippen molar-refractivity contribution in [3.8, 4) is 11.4 Å². The summed E-state index contributed by atoms with van der Waals surface area (Å²) in [4.78, 5) is 4.11. The Labute approximate surface area is 121 Å². The van der Waals surface area contributed by atoms with Gasteiger partial charge in [0.2, 0.25) is 11.7 Å². The zero-order valence-corrected chi connectivity index (χ0v) is 12.7. The summed E-state index contributed by atoms with van der Waals surface area (Å²) < 4.78 is 31.8. The molecular weight excluding hydrogens is 298 g/mol. The molecule has 20 heavy (non-hydrogen) atoms. The number of aryl methyl sites for hydroxylation is 1. The third-order valence-corrected chi connectivity index (χ3v) is 6.58. The summed E-state index contributed by atoms with van der Waals surface area (Å²) in [6.45, 7) is 2.92. The fourth-order valence-corrected chi connectivity index (χ4v) is 5.05. The van der Waals surface area contributed by atoms with E-state index in [1.165, 1.54) is 11.3 Å². The van der Waals surface area contributed by atoms with Gasteiger partial charge in [0.1, 0.15) is 4.21 Å². The van der Waals surface area contributed by atoms with Crippen molar-refractivity contribution >= 4 is 21.4 Å². The molecule has 3 heterocycles. The van der Waals surface area contributed by atoms with Crippen LogP contribution >= 0.6 is 11.3 Å². The molecule has 1 aliphatic rings. The van der Waals surface area contributed by atoms with Gasteiger partial charge in [0.05, 0.1) is 0 Å². The molecule has 3 rings (SSSR count). The fourth-order valence-electron chi connectivity index (χ4n) is 2.22. The van der Waals surface area contributed by atoms with Crippen LogP contribution in [0.15, 0.2) is 20.2 Å². The normalized spacial score (nSPS) is 17.4. The Bertz CT molecular complexity index is 699. The SMILES string of the molecule is Cc1nc(-c2csc(S(=O)(=O)N3CCCCC3)c2)no1. The first-order valence-electron chi connectivity index (χ1n) is 6.47. The number of thiophene rings is 1. The zero-order valence-electron chi connectivity index (χ0n) is 11.1. The first kappa shape index (κ1) is 13.7. The van der Waals surface area contributed by atoms with Gasteiger partial charge in [0.25, 0.3) is 10.0 Å². The highest BCUT2D eigenvalue weighted by Gasteiger charge is 2.27. The largest absolute Gasteiger partial charge is 0.339 e. The van der Waals surface area contributed by atoms with Gasteiger partial charge in [-0.3, -0.25) is 0 Å². The molecule has 1 fully saturated rings. The number of sulfonamides is 1. The van der Waals surface area contributed by atoms with E-state index in [2.05, 4.69) is 10.1 Å². The lowest BCUT2D eigenvalue weighted by Gasteiger charge is -2.25. The Morgan fingerprint density at radius 2 is 2.05 bits per heavy atom. The minimum Gasteiger partial charge on any atom is -0.339 e. The second kappa shape index (κ2) is 5.27. The Morgan fingerprint density at radius 3 is 2.70 bits per heavy atom. The summed E-state index contributed by atoms with van der Waals surface area (Å²) in [6.07, 6.45) is 2.97. The van der Waals surface area contributed by atoms with Crippen molar-refractivity contribution in [3.05, 3.63) is 17.3 Å². The van der Waals surface area contributed by atoms with E-state index in [0.717, 1.165) is 19.3 Å². The first-order valence-corrected chi connectivity index (χ1v) is 8.79. The number of aromatic nitrogens is 2. The van der Waals surface area contributed by atoms with Crippen molar-refractivity contribution in [3.63, 3.8) is 0 Å². The minimum atomic E-state index is -3.38. The van der Waals surface area contributed by atoms with Crippen molar-refractivity contribution in [2.45, 2.75) is 30.4 Å². The molecule has 0 amide bonds. The number of nitrogens with zero attached hydrogens (tertiary/aromatic N) is 3. The van der Waals surface area contributed by atoms with Crippen LogP contribution < -0.4 is 0 Å². The molecule has 8 heteroatoms. The van der Waals surface area contributed by atoms with E-state index in [4.69, 9.17) is 4.52 Å². The van der Waals surface area contributed by atoms with Crippen LogP contribution in [0.2, 0.25) is 0 Å². The molecule has 2 aromatic rings. The molecule has 2 aromatic heterocycles. The van der Waals surface area contributed by atoms with E-state index in [0.29, 0.717) is 34.6 Å².